The summed E-state index contributed by atoms with van der Waals surface area (Å²) in [5, 5.41) is 3.60. The van der Waals surface area contributed by atoms with E-state index >= 15 is 0 Å². The maximum absolute atomic E-state index is 12.6. The molecule has 0 aromatic carbocycles. The molecule has 2 saturated heterocycles. The van der Waals surface area contributed by atoms with Gasteiger partial charge in [-0.1, -0.05) is 33.6 Å². The van der Waals surface area contributed by atoms with E-state index in [1.54, 1.807) is 0 Å². The third-order valence-electron chi connectivity index (χ3n) is 4.12. The number of hydrogen-bond acceptors (Lipinski definition) is 3. The number of thioether (sulfide) groups is 1. The highest BCUT2D eigenvalue weighted by molar-refractivity contribution is 7.99. The van der Waals surface area contributed by atoms with E-state index in [2.05, 4.69) is 31.0 Å². The minimum Gasteiger partial charge on any atom is -0.322 e. The zero-order valence-electron chi connectivity index (χ0n) is 12.5. The van der Waals surface area contributed by atoms with E-state index in [-0.39, 0.29) is 12.2 Å². The van der Waals surface area contributed by atoms with Crippen molar-refractivity contribution < 1.29 is 4.79 Å². The van der Waals surface area contributed by atoms with E-state index in [0.29, 0.717) is 17.9 Å². The van der Waals surface area contributed by atoms with Crippen molar-refractivity contribution in [3.8, 4) is 0 Å². The van der Waals surface area contributed by atoms with Gasteiger partial charge in [0.15, 0.2) is 0 Å². The van der Waals surface area contributed by atoms with Crippen LogP contribution in [-0.4, -0.2) is 40.6 Å². The molecule has 3 nitrogen and oxygen atoms in total. The van der Waals surface area contributed by atoms with Crippen LogP contribution in [0.25, 0.3) is 0 Å². The quantitative estimate of drug-likeness (QED) is 0.814. The predicted octanol–water partition coefficient (Wildman–Crippen LogP) is 2.85. The van der Waals surface area contributed by atoms with Crippen molar-refractivity contribution >= 4 is 17.7 Å². The average molecular weight is 284 g/mol. The van der Waals surface area contributed by atoms with Crippen LogP contribution in [0.1, 0.15) is 52.9 Å². The Balaban J connectivity index is 2.03. The van der Waals surface area contributed by atoms with Gasteiger partial charge in [-0.05, 0) is 30.9 Å². The number of carbonyl (C=O) groups is 1. The lowest BCUT2D eigenvalue weighted by molar-refractivity contribution is -0.132. The average Bonchev–Trinajstić information content (AvgIpc) is 2.95. The minimum atomic E-state index is 0.0781. The molecule has 2 aliphatic rings. The van der Waals surface area contributed by atoms with Crippen molar-refractivity contribution in [2.75, 3.05) is 11.5 Å². The SMILES string of the molecule is CCCCC1NC(CC(C)C)N(C2CCSC2)C1=O. The molecule has 0 saturated carbocycles. The molecule has 0 aromatic rings. The van der Waals surface area contributed by atoms with Gasteiger partial charge < -0.3 is 4.90 Å². The van der Waals surface area contributed by atoms with Gasteiger partial charge in [-0.3, -0.25) is 10.1 Å². The zero-order valence-corrected chi connectivity index (χ0v) is 13.3. The Hall–Kier alpha value is -0.220. The topological polar surface area (TPSA) is 32.3 Å². The molecule has 110 valence electrons. The van der Waals surface area contributed by atoms with Crippen molar-refractivity contribution in [2.45, 2.75) is 71.1 Å². The first-order valence-electron chi connectivity index (χ1n) is 7.79. The number of nitrogens with one attached hydrogen (secondary N) is 1. The van der Waals surface area contributed by atoms with E-state index in [0.717, 1.165) is 25.0 Å². The molecular formula is C15H28N2OS. The Morgan fingerprint density at radius 2 is 2.26 bits per heavy atom. The summed E-state index contributed by atoms with van der Waals surface area (Å²) in [6.45, 7) is 6.68. The second kappa shape index (κ2) is 6.98. The van der Waals surface area contributed by atoms with Crippen LogP contribution in [-0.2, 0) is 4.79 Å². The highest BCUT2D eigenvalue weighted by Gasteiger charge is 2.42. The standard InChI is InChI=1S/C15H28N2OS/c1-4-5-6-13-15(18)17(12-7-8-19-10-12)14(16-13)9-11(2)3/h11-14,16H,4-10H2,1-3H3. The monoisotopic (exact) mass is 284 g/mol. The number of unbranched alkanes of at least 4 members (excludes halogenated alkanes) is 1. The van der Waals surface area contributed by atoms with Crippen LogP contribution in [0.5, 0.6) is 0 Å². The Morgan fingerprint density at radius 3 is 2.84 bits per heavy atom. The van der Waals surface area contributed by atoms with Crippen molar-refractivity contribution in [1.82, 2.24) is 10.2 Å². The number of carbonyl (C=O) groups excluding carboxylic acids is 1. The summed E-state index contributed by atoms with van der Waals surface area (Å²) in [5.41, 5.74) is 0. The number of amides is 1. The van der Waals surface area contributed by atoms with Crippen LogP contribution in [0.15, 0.2) is 0 Å². The van der Waals surface area contributed by atoms with Crippen LogP contribution in [0.3, 0.4) is 0 Å². The molecule has 2 aliphatic heterocycles. The molecule has 1 amide bonds. The molecule has 2 heterocycles. The van der Waals surface area contributed by atoms with Crippen molar-refractivity contribution in [2.24, 2.45) is 5.92 Å². The number of nitrogens with zero attached hydrogens (tertiary/aromatic N) is 1. The lowest BCUT2D eigenvalue weighted by Gasteiger charge is -2.30. The number of hydrogen-bond donors (Lipinski definition) is 1. The van der Waals surface area contributed by atoms with Crippen LogP contribution in [0.2, 0.25) is 0 Å². The summed E-state index contributed by atoms with van der Waals surface area (Å²) < 4.78 is 0. The van der Waals surface area contributed by atoms with Gasteiger partial charge in [0.25, 0.3) is 0 Å². The maximum Gasteiger partial charge on any atom is 0.241 e. The van der Waals surface area contributed by atoms with E-state index in [9.17, 15) is 4.79 Å². The Bertz CT molecular complexity index is 303. The molecular weight excluding hydrogens is 256 g/mol. The van der Waals surface area contributed by atoms with Crippen LogP contribution < -0.4 is 5.32 Å². The molecule has 0 bridgehead atoms. The van der Waals surface area contributed by atoms with Gasteiger partial charge in [-0.2, -0.15) is 11.8 Å². The Labute approximate surface area is 121 Å². The van der Waals surface area contributed by atoms with Gasteiger partial charge in [0.2, 0.25) is 5.91 Å². The summed E-state index contributed by atoms with van der Waals surface area (Å²) >= 11 is 1.99. The highest BCUT2D eigenvalue weighted by Crippen LogP contribution is 2.29. The lowest BCUT2D eigenvalue weighted by atomic mass is 10.1. The molecule has 2 fully saturated rings. The Morgan fingerprint density at radius 1 is 1.47 bits per heavy atom. The van der Waals surface area contributed by atoms with E-state index in [1.807, 2.05) is 11.8 Å². The van der Waals surface area contributed by atoms with Crippen molar-refractivity contribution in [3.63, 3.8) is 0 Å². The van der Waals surface area contributed by atoms with Crippen LogP contribution >= 0.6 is 11.8 Å². The van der Waals surface area contributed by atoms with Gasteiger partial charge >= 0.3 is 0 Å². The molecule has 19 heavy (non-hydrogen) atoms. The summed E-state index contributed by atoms with van der Waals surface area (Å²) in [5.74, 6) is 3.34. The summed E-state index contributed by atoms with van der Waals surface area (Å²) in [4.78, 5) is 14.8. The maximum atomic E-state index is 12.6. The van der Waals surface area contributed by atoms with E-state index < -0.39 is 0 Å². The Kier molecular flexibility index (Phi) is 5.58. The highest BCUT2D eigenvalue weighted by atomic mass is 32.2. The fraction of sp³-hybridized carbons (Fsp3) is 0.933. The molecule has 1 N–H and O–H groups in total. The summed E-state index contributed by atoms with van der Waals surface area (Å²) in [6, 6.07) is 0.551. The summed E-state index contributed by atoms with van der Waals surface area (Å²) in [7, 11) is 0. The number of rotatable bonds is 6. The second-order valence-electron chi connectivity index (χ2n) is 6.27. The molecule has 3 unspecified atom stereocenters. The van der Waals surface area contributed by atoms with Crippen LogP contribution in [0, 0.1) is 5.92 Å². The van der Waals surface area contributed by atoms with Gasteiger partial charge in [-0.25, -0.2) is 0 Å². The minimum absolute atomic E-state index is 0.0781. The largest absolute Gasteiger partial charge is 0.322 e. The summed E-state index contributed by atoms with van der Waals surface area (Å²) in [6.07, 6.45) is 5.84. The molecule has 0 aromatic heterocycles. The molecule has 0 spiro atoms. The third-order valence-corrected chi connectivity index (χ3v) is 5.27. The van der Waals surface area contributed by atoms with E-state index in [4.69, 9.17) is 0 Å². The van der Waals surface area contributed by atoms with Crippen LogP contribution in [0.4, 0.5) is 0 Å². The molecule has 3 atom stereocenters. The van der Waals surface area contributed by atoms with Gasteiger partial charge in [0.05, 0.1) is 12.2 Å². The van der Waals surface area contributed by atoms with Gasteiger partial charge in [-0.15, -0.1) is 0 Å². The molecule has 0 radical (unpaired) electrons. The lowest BCUT2D eigenvalue weighted by Crippen LogP contribution is -2.45. The first-order chi connectivity index (χ1) is 9.13. The van der Waals surface area contributed by atoms with E-state index in [1.165, 1.54) is 18.6 Å². The van der Waals surface area contributed by atoms with Crippen molar-refractivity contribution in [3.05, 3.63) is 0 Å². The molecule has 4 heteroatoms. The van der Waals surface area contributed by atoms with Gasteiger partial charge in [0.1, 0.15) is 0 Å². The smallest absolute Gasteiger partial charge is 0.241 e. The first-order valence-corrected chi connectivity index (χ1v) is 8.95. The first kappa shape index (κ1) is 15.2. The third kappa shape index (κ3) is 3.66. The fourth-order valence-electron chi connectivity index (χ4n) is 3.14. The molecule has 0 aliphatic carbocycles. The molecule has 2 rings (SSSR count). The second-order valence-corrected chi connectivity index (χ2v) is 7.42. The van der Waals surface area contributed by atoms with Gasteiger partial charge in [0, 0.05) is 11.8 Å². The predicted molar refractivity (Wildman–Crippen MR) is 82.3 cm³/mol. The normalized spacial score (nSPS) is 31.7. The fourth-order valence-corrected chi connectivity index (χ4v) is 4.34. The zero-order chi connectivity index (χ0) is 13.8. The van der Waals surface area contributed by atoms with Crippen molar-refractivity contribution in [1.29, 1.82) is 0 Å².